The summed E-state index contributed by atoms with van der Waals surface area (Å²) in [6.07, 6.45) is -0.127. The van der Waals surface area contributed by atoms with E-state index < -0.39 is 0 Å². The van der Waals surface area contributed by atoms with Gasteiger partial charge in [-0.3, -0.25) is 0 Å². The summed E-state index contributed by atoms with van der Waals surface area (Å²) >= 11 is 0. The SMILES string of the molecule is CCNC1COCC1c1nc(C(OC)C(C)C)no1. The zero-order valence-electron chi connectivity index (χ0n) is 12.0. The average Bonchev–Trinajstić information content (AvgIpc) is 2.98. The molecule has 0 amide bonds. The van der Waals surface area contributed by atoms with Crippen LogP contribution in [0.4, 0.5) is 0 Å². The Bertz CT molecular complexity index is 394. The van der Waals surface area contributed by atoms with Crippen molar-refractivity contribution in [3.63, 3.8) is 0 Å². The lowest BCUT2D eigenvalue weighted by Crippen LogP contribution is -2.34. The zero-order chi connectivity index (χ0) is 13.8. The maximum absolute atomic E-state index is 5.50. The van der Waals surface area contributed by atoms with Crippen molar-refractivity contribution >= 4 is 0 Å². The molecule has 1 aliphatic rings. The van der Waals surface area contributed by atoms with Crippen molar-refractivity contribution in [3.05, 3.63) is 11.7 Å². The molecule has 0 saturated carbocycles. The fraction of sp³-hybridized carbons (Fsp3) is 0.846. The number of methoxy groups -OCH3 is 1. The Kier molecular flexibility index (Phi) is 4.90. The molecular formula is C13H23N3O3. The number of hydrogen-bond donors (Lipinski definition) is 1. The number of likely N-dealkylation sites (N-methyl/N-ethyl adjacent to an activating group) is 1. The van der Waals surface area contributed by atoms with Crippen LogP contribution in [0.15, 0.2) is 4.52 Å². The molecule has 0 radical (unpaired) electrons. The molecule has 1 aromatic heterocycles. The Hall–Kier alpha value is -0.980. The Morgan fingerprint density at radius 1 is 1.42 bits per heavy atom. The van der Waals surface area contributed by atoms with E-state index in [4.69, 9.17) is 14.0 Å². The summed E-state index contributed by atoms with van der Waals surface area (Å²) in [6, 6.07) is 0.248. The topological polar surface area (TPSA) is 69.4 Å². The molecule has 3 unspecified atom stereocenters. The largest absolute Gasteiger partial charge is 0.379 e. The highest BCUT2D eigenvalue weighted by molar-refractivity contribution is 5.04. The van der Waals surface area contributed by atoms with E-state index in [9.17, 15) is 0 Å². The third kappa shape index (κ3) is 3.13. The van der Waals surface area contributed by atoms with Crippen molar-refractivity contribution < 1.29 is 14.0 Å². The highest BCUT2D eigenvalue weighted by Crippen LogP contribution is 2.28. The molecule has 1 saturated heterocycles. The lowest BCUT2D eigenvalue weighted by atomic mass is 10.0. The molecule has 1 fully saturated rings. The van der Waals surface area contributed by atoms with Crippen molar-refractivity contribution in [1.29, 1.82) is 0 Å². The molecule has 19 heavy (non-hydrogen) atoms. The molecule has 108 valence electrons. The van der Waals surface area contributed by atoms with Crippen molar-refractivity contribution in [2.45, 2.75) is 38.8 Å². The minimum absolute atomic E-state index is 0.127. The van der Waals surface area contributed by atoms with Crippen LogP contribution >= 0.6 is 0 Å². The summed E-state index contributed by atoms with van der Waals surface area (Å²) in [5, 5.41) is 7.44. The van der Waals surface area contributed by atoms with Crippen LogP contribution in [0.2, 0.25) is 0 Å². The van der Waals surface area contributed by atoms with Gasteiger partial charge in [-0.1, -0.05) is 25.9 Å². The monoisotopic (exact) mass is 269 g/mol. The molecule has 3 atom stereocenters. The molecule has 0 aliphatic carbocycles. The first kappa shape index (κ1) is 14.4. The second-order valence-corrected chi connectivity index (χ2v) is 5.20. The number of aromatic nitrogens is 2. The molecule has 2 rings (SSSR count). The lowest BCUT2D eigenvalue weighted by Gasteiger charge is -2.15. The van der Waals surface area contributed by atoms with Gasteiger partial charge in [0.2, 0.25) is 11.7 Å². The second kappa shape index (κ2) is 6.45. The predicted molar refractivity (Wildman–Crippen MR) is 69.9 cm³/mol. The minimum Gasteiger partial charge on any atom is -0.379 e. The number of nitrogens with one attached hydrogen (secondary N) is 1. The highest BCUT2D eigenvalue weighted by atomic mass is 16.5. The van der Waals surface area contributed by atoms with Gasteiger partial charge in [-0.05, 0) is 12.5 Å². The molecule has 1 N–H and O–H groups in total. The normalized spacial score (nSPS) is 25.1. The Balaban J connectivity index is 2.11. The van der Waals surface area contributed by atoms with E-state index in [0.29, 0.717) is 30.8 Å². The fourth-order valence-electron chi connectivity index (χ4n) is 2.45. The van der Waals surface area contributed by atoms with E-state index in [-0.39, 0.29) is 18.1 Å². The van der Waals surface area contributed by atoms with Crippen LogP contribution in [0.25, 0.3) is 0 Å². The van der Waals surface area contributed by atoms with Gasteiger partial charge in [0, 0.05) is 13.2 Å². The summed E-state index contributed by atoms with van der Waals surface area (Å²) in [5.74, 6) is 1.70. The third-order valence-electron chi connectivity index (χ3n) is 3.44. The third-order valence-corrected chi connectivity index (χ3v) is 3.44. The first-order valence-electron chi connectivity index (χ1n) is 6.84. The summed E-state index contributed by atoms with van der Waals surface area (Å²) in [7, 11) is 1.67. The van der Waals surface area contributed by atoms with Crippen molar-refractivity contribution in [3.8, 4) is 0 Å². The van der Waals surface area contributed by atoms with E-state index in [2.05, 4.69) is 36.2 Å². The van der Waals surface area contributed by atoms with E-state index >= 15 is 0 Å². The van der Waals surface area contributed by atoms with Crippen LogP contribution < -0.4 is 5.32 Å². The van der Waals surface area contributed by atoms with E-state index in [1.807, 2.05) is 0 Å². The Morgan fingerprint density at radius 3 is 2.84 bits per heavy atom. The number of nitrogens with zero attached hydrogens (tertiary/aromatic N) is 2. The average molecular weight is 269 g/mol. The standard InChI is InChI=1S/C13H23N3O3/c1-5-14-10-7-18-6-9(10)13-15-12(16-19-13)11(17-4)8(2)3/h8-11,14H,5-7H2,1-4H3. The molecule has 6 nitrogen and oxygen atoms in total. The first-order valence-corrected chi connectivity index (χ1v) is 6.84. The van der Waals surface area contributed by atoms with Gasteiger partial charge in [-0.25, -0.2) is 0 Å². The van der Waals surface area contributed by atoms with Crippen molar-refractivity contribution in [2.75, 3.05) is 26.9 Å². The maximum atomic E-state index is 5.50. The van der Waals surface area contributed by atoms with Crippen LogP contribution in [0.1, 0.15) is 44.5 Å². The van der Waals surface area contributed by atoms with Gasteiger partial charge in [0.25, 0.3) is 0 Å². The Morgan fingerprint density at radius 2 is 2.21 bits per heavy atom. The van der Waals surface area contributed by atoms with Gasteiger partial charge in [-0.15, -0.1) is 0 Å². The van der Waals surface area contributed by atoms with Crippen molar-refractivity contribution in [2.24, 2.45) is 5.92 Å². The number of ether oxygens (including phenoxy) is 2. The second-order valence-electron chi connectivity index (χ2n) is 5.20. The van der Waals surface area contributed by atoms with Crippen LogP contribution in [0.3, 0.4) is 0 Å². The van der Waals surface area contributed by atoms with Gasteiger partial charge in [-0.2, -0.15) is 4.98 Å². The Labute approximate surface area is 113 Å². The smallest absolute Gasteiger partial charge is 0.233 e. The van der Waals surface area contributed by atoms with Crippen LogP contribution in [-0.2, 0) is 9.47 Å². The molecular weight excluding hydrogens is 246 g/mol. The van der Waals surface area contributed by atoms with Gasteiger partial charge < -0.3 is 19.3 Å². The summed E-state index contributed by atoms with van der Waals surface area (Å²) in [4.78, 5) is 4.49. The molecule has 1 aliphatic heterocycles. The number of hydrogen-bond acceptors (Lipinski definition) is 6. The van der Waals surface area contributed by atoms with Gasteiger partial charge in [0.1, 0.15) is 6.10 Å². The van der Waals surface area contributed by atoms with E-state index in [1.165, 1.54) is 0 Å². The van der Waals surface area contributed by atoms with Crippen LogP contribution in [0, 0.1) is 5.92 Å². The van der Waals surface area contributed by atoms with Crippen molar-refractivity contribution in [1.82, 2.24) is 15.5 Å². The summed E-state index contributed by atoms with van der Waals surface area (Å²) < 4.78 is 16.3. The van der Waals surface area contributed by atoms with Crippen LogP contribution in [0.5, 0.6) is 0 Å². The van der Waals surface area contributed by atoms with E-state index in [1.54, 1.807) is 7.11 Å². The van der Waals surface area contributed by atoms with Gasteiger partial charge >= 0.3 is 0 Å². The van der Waals surface area contributed by atoms with E-state index in [0.717, 1.165) is 6.54 Å². The van der Waals surface area contributed by atoms with Gasteiger partial charge in [0.15, 0.2) is 0 Å². The molecule has 2 heterocycles. The van der Waals surface area contributed by atoms with Gasteiger partial charge in [0.05, 0.1) is 19.1 Å². The summed E-state index contributed by atoms with van der Waals surface area (Å²) in [5.41, 5.74) is 0. The molecule has 6 heteroatoms. The fourth-order valence-corrected chi connectivity index (χ4v) is 2.45. The van der Waals surface area contributed by atoms with Crippen LogP contribution in [-0.4, -0.2) is 43.1 Å². The highest BCUT2D eigenvalue weighted by Gasteiger charge is 2.34. The molecule has 1 aromatic rings. The summed E-state index contributed by atoms with van der Waals surface area (Å²) in [6.45, 7) is 8.44. The molecule has 0 aromatic carbocycles. The zero-order valence-corrected chi connectivity index (χ0v) is 12.0. The predicted octanol–water partition coefficient (Wildman–Crippen LogP) is 1.50. The quantitative estimate of drug-likeness (QED) is 0.844. The maximum Gasteiger partial charge on any atom is 0.233 e. The molecule has 0 spiro atoms. The molecule has 0 bridgehead atoms. The first-order chi connectivity index (χ1) is 9.17. The lowest BCUT2D eigenvalue weighted by molar-refractivity contribution is 0.0555. The number of rotatable bonds is 6. The minimum atomic E-state index is -0.127.